The van der Waals surface area contributed by atoms with E-state index in [1.807, 2.05) is 0 Å². The number of carbonyl (C=O) groups excluding carboxylic acids is 1. The van der Waals surface area contributed by atoms with Crippen LogP contribution in [0.5, 0.6) is 0 Å². The first-order chi connectivity index (χ1) is 8.56. The Hall–Kier alpha value is -2.04. The van der Waals surface area contributed by atoms with Crippen LogP contribution in [0.25, 0.3) is 0 Å². The molecule has 0 unspecified atom stereocenters. The van der Waals surface area contributed by atoms with Crippen LogP contribution < -0.4 is 0 Å². The number of carbonyl (C=O) groups is 1. The van der Waals surface area contributed by atoms with Gasteiger partial charge in [-0.3, -0.25) is 9.48 Å². The van der Waals surface area contributed by atoms with E-state index in [9.17, 15) is 13.6 Å². The third-order valence-electron chi connectivity index (χ3n) is 2.63. The van der Waals surface area contributed by atoms with E-state index in [1.165, 1.54) is 6.07 Å². The lowest BCUT2D eigenvalue weighted by Crippen LogP contribution is -2.04. The second kappa shape index (κ2) is 5.08. The molecule has 2 rings (SSSR count). The number of aromatic nitrogens is 2. The van der Waals surface area contributed by atoms with Crippen LogP contribution in [0.2, 0.25) is 0 Å². The summed E-state index contributed by atoms with van der Waals surface area (Å²) in [5, 5.41) is 3.98. The number of ketones is 1. The second-order valence-electron chi connectivity index (χ2n) is 4.07. The Bertz CT molecular complexity index is 578. The molecule has 0 saturated carbocycles. The van der Waals surface area contributed by atoms with Gasteiger partial charge in [-0.25, -0.2) is 8.78 Å². The van der Waals surface area contributed by atoms with Crippen molar-refractivity contribution in [2.24, 2.45) is 7.05 Å². The van der Waals surface area contributed by atoms with Gasteiger partial charge in [0.15, 0.2) is 5.78 Å². The number of hydrogen-bond donors (Lipinski definition) is 0. The summed E-state index contributed by atoms with van der Waals surface area (Å²) >= 11 is 0. The lowest BCUT2D eigenvalue weighted by Gasteiger charge is -2.01. The number of nitrogens with zero attached hydrogens (tertiary/aromatic N) is 2. The fourth-order valence-corrected chi connectivity index (χ4v) is 1.71. The summed E-state index contributed by atoms with van der Waals surface area (Å²) < 4.78 is 27.7. The molecule has 94 valence electrons. The van der Waals surface area contributed by atoms with E-state index in [2.05, 4.69) is 5.10 Å². The maximum atomic E-state index is 13.4. The average Bonchev–Trinajstić information content (AvgIpc) is 2.72. The molecule has 3 nitrogen and oxygen atoms in total. The molecule has 0 N–H and O–H groups in total. The summed E-state index contributed by atoms with van der Waals surface area (Å²) in [4.78, 5) is 11.8. The minimum Gasteiger partial charge on any atom is -0.294 e. The summed E-state index contributed by atoms with van der Waals surface area (Å²) in [5.74, 6) is -1.83. The molecular formula is C13H12F2N2O. The van der Waals surface area contributed by atoms with E-state index in [-0.39, 0.29) is 17.8 Å². The summed E-state index contributed by atoms with van der Waals surface area (Å²) in [6.45, 7) is 0. The zero-order valence-corrected chi connectivity index (χ0v) is 9.86. The molecule has 0 aliphatic heterocycles. The van der Waals surface area contributed by atoms with Crippen molar-refractivity contribution in [1.29, 1.82) is 0 Å². The van der Waals surface area contributed by atoms with Crippen LogP contribution in [0.3, 0.4) is 0 Å². The number of hydrogen-bond acceptors (Lipinski definition) is 2. The zero-order valence-electron chi connectivity index (χ0n) is 9.86. The Morgan fingerprint density at radius 3 is 2.78 bits per heavy atom. The van der Waals surface area contributed by atoms with Gasteiger partial charge in [0.05, 0.1) is 11.8 Å². The van der Waals surface area contributed by atoms with Crippen LogP contribution in [0.4, 0.5) is 8.78 Å². The number of rotatable bonds is 4. The Kier molecular flexibility index (Phi) is 3.50. The Morgan fingerprint density at radius 2 is 2.17 bits per heavy atom. The Labute approximate surface area is 103 Å². The lowest BCUT2D eigenvalue weighted by molar-refractivity contribution is 0.0979. The van der Waals surface area contributed by atoms with Crippen molar-refractivity contribution in [3.8, 4) is 0 Å². The van der Waals surface area contributed by atoms with Crippen molar-refractivity contribution >= 4 is 5.78 Å². The van der Waals surface area contributed by atoms with E-state index in [4.69, 9.17) is 0 Å². The first-order valence-corrected chi connectivity index (χ1v) is 5.52. The smallest absolute Gasteiger partial charge is 0.166 e. The van der Waals surface area contributed by atoms with E-state index in [1.54, 1.807) is 24.1 Å². The first-order valence-electron chi connectivity index (χ1n) is 5.52. The van der Waals surface area contributed by atoms with Gasteiger partial charge < -0.3 is 0 Å². The summed E-state index contributed by atoms with van der Waals surface area (Å²) in [6.07, 6.45) is 4.13. The average molecular weight is 250 g/mol. The van der Waals surface area contributed by atoms with Crippen molar-refractivity contribution in [1.82, 2.24) is 9.78 Å². The highest BCUT2D eigenvalue weighted by Gasteiger charge is 2.12. The molecule has 0 aliphatic rings. The third kappa shape index (κ3) is 2.80. The molecule has 0 fully saturated rings. The lowest BCUT2D eigenvalue weighted by atomic mass is 10.0. The SMILES string of the molecule is Cn1cc(CCC(=O)c2ccc(F)cc2F)cn1. The van der Waals surface area contributed by atoms with Gasteiger partial charge >= 0.3 is 0 Å². The van der Waals surface area contributed by atoms with E-state index < -0.39 is 11.6 Å². The van der Waals surface area contributed by atoms with Crippen molar-refractivity contribution < 1.29 is 13.6 Å². The summed E-state index contributed by atoms with van der Waals surface area (Å²) in [7, 11) is 1.78. The van der Waals surface area contributed by atoms with Crippen LogP contribution in [0.1, 0.15) is 22.3 Å². The third-order valence-corrected chi connectivity index (χ3v) is 2.63. The van der Waals surface area contributed by atoms with Gasteiger partial charge in [0.25, 0.3) is 0 Å². The van der Waals surface area contributed by atoms with Crippen LogP contribution in [0.15, 0.2) is 30.6 Å². The Balaban J connectivity index is 2.03. The first kappa shape index (κ1) is 12.4. The molecule has 1 aromatic carbocycles. The van der Waals surface area contributed by atoms with Gasteiger partial charge in [-0.2, -0.15) is 5.10 Å². The highest BCUT2D eigenvalue weighted by atomic mass is 19.1. The molecule has 1 heterocycles. The van der Waals surface area contributed by atoms with Gasteiger partial charge in [-0.15, -0.1) is 0 Å². The van der Waals surface area contributed by atoms with Crippen molar-refractivity contribution in [2.75, 3.05) is 0 Å². The molecule has 0 spiro atoms. The van der Waals surface area contributed by atoms with Crippen LogP contribution in [-0.2, 0) is 13.5 Å². The highest BCUT2D eigenvalue weighted by Crippen LogP contribution is 2.13. The van der Waals surface area contributed by atoms with E-state index >= 15 is 0 Å². The molecule has 0 aliphatic carbocycles. The molecular weight excluding hydrogens is 238 g/mol. The highest BCUT2D eigenvalue weighted by molar-refractivity contribution is 5.96. The molecule has 5 heteroatoms. The van der Waals surface area contributed by atoms with Gasteiger partial charge in [0.2, 0.25) is 0 Å². The van der Waals surface area contributed by atoms with Gasteiger partial charge in [-0.05, 0) is 24.1 Å². The molecule has 0 amide bonds. The topological polar surface area (TPSA) is 34.9 Å². The van der Waals surface area contributed by atoms with Crippen molar-refractivity contribution in [3.05, 3.63) is 53.4 Å². The predicted octanol–water partition coefficient (Wildman–Crippen LogP) is 2.51. The van der Waals surface area contributed by atoms with Gasteiger partial charge in [-0.1, -0.05) is 0 Å². The monoisotopic (exact) mass is 250 g/mol. The van der Waals surface area contributed by atoms with Crippen molar-refractivity contribution in [2.45, 2.75) is 12.8 Å². The minimum absolute atomic E-state index is 0.0692. The molecule has 0 saturated heterocycles. The zero-order chi connectivity index (χ0) is 13.1. The molecule has 0 bridgehead atoms. The number of halogens is 2. The largest absolute Gasteiger partial charge is 0.294 e. The maximum absolute atomic E-state index is 13.4. The van der Waals surface area contributed by atoms with Crippen LogP contribution in [-0.4, -0.2) is 15.6 Å². The second-order valence-corrected chi connectivity index (χ2v) is 4.07. The normalized spacial score (nSPS) is 10.6. The molecule has 18 heavy (non-hydrogen) atoms. The predicted molar refractivity (Wildman–Crippen MR) is 62.2 cm³/mol. The van der Waals surface area contributed by atoms with Gasteiger partial charge in [0, 0.05) is 25.7 Å². The number of aryl methyl sites for hydroxylation is 2. The maximum Gasteiger partial charge on any atom is 0.166 e. The quantitative estimate of drug-likeness (QED) is 0.781. The molecule has 1 aromatic heterocycles. The van der Waals surface area contributed by atoms with Crippen LogP contribution in [0, 0.1) is 11.6 Å². The molecule has 0 radical (unpaired) electrons. The summed E-state index contributed by atoms with van der Waals surface area (Å²) in [5.41, 5.74) is 0.841. The standard InChI is InChI=1S/C13H12F2N2O/c1-17-8-9(7-16-17)2-5-13(18)11-4-3-10(14)6-12(11)15/h3-4,6-8H,2,5H2,1H3. The minimum atomic E-state index is -0.814. The van der Waals surface area contributed by atoms with Crippen molar-refractivity contribution in [3.63, 3.8) is 0 Å². The summed E-state index contributed by atoms with van der Waals surface area (Å²) in [6, 6.07) is 2.98. The Morgan fingerprint density at radius 1 is 1.39 bits per heavy atom. The van der Waals surface area contributed by atoms with Gasteiger partial charge in [0.1, 0.15) is 11.6 Å². The van der Waals surface area contributed by atoms with Crippen LogP contribution >= 0.6 is 0 Å². The fraction of sp³-hybridized carbons (Fsp3) is 0.231. The van der Waals surface area contributed by atoms with E-state index in [0.29, 0.717) is 6.42 Å². The molecule has 2 aromatic rings. The van der Waals surface area contributed by atoms with E-state index in [0.717, 1.165) is 17.7 Å². The molecule has 0 atom stereocenters. The number of Topliss-reactive ketones (excluding diaryl/α,β-unsaturated/α-hetero) is 1. The fourth-order valence-electron chi connectivity index (χ4n) is 1.71. The number of benzene rings is 1.